The molecule has 1 heterocycles. The predicted octanol–water partition coefficient (Wildman–Crippen LogP) is 2.38. The molecule has 0 amide bonds. The topological polar surface area (TPSA) is 91.3 Å². The zero-order valence-electron chi connectivity index (χ0n) is 9.75. The van der Waals surface area contributed by atoms with Crippen molar-refractivity contribution in [3.63, 3.8) is 0 Å². The van der Waals surface area contributed by atoms with Crippen LogP contribution in [0.15, 0.2) is 36.5 Å². The van der Waals surface area contributed by atoms with E-state index in [1.165, 1.54) is 12.3 Å². The van der Waals surface area contributed by atoms with E-state index >= 15 is 0 Å². The predicted molar refractivity (Wildman–Crippen MR) is 65.3 cm³/mol. The highest BCUT2D eigenvalue weighted by atomic mass is 19.1. The second-order valence-electron chi connectivity index (χ2n) is 3.68. The molecular formula is C12H10FN3O3. The van der Waals surface area contributed by atoms with Gasteiger partial charge in [0.25, 0.3) is 0 Å². The SMILES string of the molecule is NCc1ccc(Oc2ccc([N+](=O)[O-])c(F)c2)nc1. The minimum atomic E-state index is -0.957. The van der Waals surface area contributed by atoms with Gasteiger partial charge in [0.1, 0.15) is 5.75 Å². The minimum absolute atomic E-state index is 0.135. The van der Waals surface area contributed by atoms with Crippen LogP contribution < -0.4 is 10.5 Å². The van der Waals surface area contributed by atoms with Crippen LogP contribution in [0.3, 0.4) is 0 Å². The molecule has 0 spiro atoms. The first-order valence-corrected chi connectivity index (χ1v) is 5.37. The van der Waals surface area contributed by atoms with Gasteiger partial charge in [-0.15, -0.1) is 0 Å². The number of nitrogens with zero attached hydrogens (tertiary/aromatic N) is 2. The fourth-order valence-corrected chi connectivity index (χ4v) is 1.41. The summed E-state index contributed by atoms with van der Waals surface area (Å²) >= 11 is 0. The zero-order valence-corrected chi connectivity index (χ0v) is 9.75. The minimum Gasteiger partial charge on any atom is -0.439 e. The Balaban J connectivity index is 2.18. The summed E-state index contributed by atoms with van der Waals surface area (Å²) in [5.41, 5.74) is 5.66. The Hall–Kier alpha value is -2.54. The van der Waals surface area contributed by atoms with Gasteiger partial charge in [-0.25, -0.2) is 4.98 Å². The van der Waals surface area contributed by atoms with E-state index in [9.17, 15) is 14.5 Å². The summed E-state index contributed by atoms with van der Waals surface area (Å²) in [6.45, 7) is 0.361. The monoisotopic (exact) mass is 263 g/mol. The molecule has 0 fully saturated rings. The van der Waals surface area contributed by atoms with Gasteiger partial charge in [0, 0.05) is 30.9 Å². The van der Waals surface area contributed by atoms with Crippen molar-refractivity contribution in [1.82, 2.24) is 4.98 Å². The average molecular weight is 263 g/mol. The third-order valence-electron chi connectivity index (χ3n) is 2.37. The molecule has 2 rings (SSSR count). The number of aromatic nitrogens is 1. The van der Waals surface area contributed by atoms with E-state index in [0.717, 1.165) is 17.7 Å². The summed E-state index contributed by atoms with van der Waals surface area (Å²) in [5, 5.41) is 10.5. The highest BCUT2D eigenvalue weighted by molar-refractivity contribution is 5.39. The van der Waals surface area contributed by atoms with Gasteiger partial charge in [-0.05, 0) is 11.6 Å². The molecule has 0 saturated carbocycles. The van der Waals surface area contributed by atoms with E-state index in [4.69, 9.17) is 10.5 Å². The van der Waals surface area contributed by atoms with Gasteiger partial charge in [-0.3, -0.25) is 10.1 Å². The van der Waals surface area contributed by atoms with E-state index < -0.39 is 16.4 Å². The standard InChI is InChI=1S/C12H10FN3O3/c13-10-5-9(2-3-11(10)16(17)18)19-12-4-1-8(6-14)7-15-12/h1-5,7H,6,14H2. The lowest BCUT2D eigenvalue weighted by molar-refractivity contribution is -0.387. The number of benzene rings is 1. The number of hydrogen-bond donors (Lipinski definition) is 1. The van der Waals surface area contributed by atoms with Crippen molar-refractivity contribution >= 4 is 5.69 Å². The Morgan fingerprint density at radius 2 is 2.16 bits per heavy atom. The normalized spacial score (nSPS) is 10.2. The van der Waals surface area contributed by atoms with Gasteiger partial charge in [0.2, 0.25) is 11.7 Å². The highest BCUT2D eigenvalue weighted by Gasteiger charge is 2.14. The first-order chi connectivity index (χ1) is 9.10. The summed E-state index contributed by atoms with van der Waals surface area (Å²) in [4.78, 5) is 13.6. The van der Waals surface area contributed by atoms with Gasteiger partial charge in [0.05, 0.1) is 4.92 Å². The van der Waals surface area contributed by atoms with Crippen molar-refractivity contribution in [2.75, 3.05) is 0 Å². The Kier molecular flexibility index (Phi) is 3.67. The van der Waals surface area contributed by atoms with Crippen molar-refractivity contribution in [2.24, 2.45) is 5.73 Å². The summed E-state index contributed by atoms with van der Waals surface area (Å²) in [6.07, 6.45) is 1.54. The summed E-state index contributed by atoms with van der Waals surface area (Å²) < 4.78 is 18.6. The first-order valence-electron chi connectivity index (χ1n) is 5.37. The fraction of sp³-hybridized carbons (Fsp3) is 0.0833. The lowest BCUT2D eigenvalue weighted by atomic mass is 10.3. The molecule has 6 nitrogen and oxygen atoms in total. The Labute approximate surface area is 107 Å². The fourth-order valence-electron chi connectivity index (χ4n) is 1.41. The van der Waals surface area contributed by atoms with Crippen molar-refractivity contribution in [3.05, 3.63) is 58.0 Å². The number of pyridine rings is 1. The highest BCUT2D eigenvalue weighted by Crippen LogP contribution is 2.25. The number of nitrogens with two attached hydrogens (primary N) is 1. The van der Waals surface area contributed by atoms with Crippen LogP contribution in [-0.4, -0.2) is 9.91 Å². The summed E-state index contributed by atoms with van der Waals surface area (Å²) in [6, 6.07) is 6.60. The van der Waals surface area contributed by atoms with Crippen LogP contribution in [0.2, 0.25) is 0 Å². The number of nitro benzene ring substituents is 1. The van der Waals surface area contributed by atoms with E-state index in [-0.39, 0.29) is 11.6 Å². The lowest BCUT2D eigenvalue weighted by Gasteiger charge is -2.05. The van der Waals surface area contributed by atoms with Gasteiger partial charge in [0.15, 0.2) is 0 Å². The van der Waals surface area contributed by atoms with Crippen LogP contribution in [0.4, 0.5) is 10.1 Å². The van der Waals surface area contributed by atoms with E-state index in [1.54, 1.807) is 12.1 Å². The first kappa shape index (κ1) is 12.9. The molecular weight excluding hydrogens is 253 g/mol. The molecule has 0 saturated heterocycles. The van der Waals surface area contributed by atoms with Crippen LogP contribution in [0.1, 0.15) is 5.56 Å². The molecule has 1 aromatic heterocycles. The average Bonchev–Trinajstić information content (AvgIpc) is 2.39. The Morgan fingerprint density at radius 3 is 2.68 bits per heavy atom. The molecule has 0 aliphatic heterocycles. The van der Waals surface area contributed by atoms with E-state index in [2.05, 4.69) is 4.98 Å². The molecule has 0 unspecified atom stereocenters. The van der Waals surface area contributed by atoms with Crippen LogP contribution >= 0.6 is 0 Å². The number of hydrogen-bond acceptors (Lipinski definition) is 5. The molecule has 0 aliphatic rings. The number of ether oxygens (including phenoxy) is 1. The molecule has 0 radical (unpaired) electrons. The van der Waals surface area contributed by atoms with Crippen molar-refractivity contribution in [3.8, 4) is 11.6 Å². The molecule has 98 valence electrons. The second kappa shape index (κ2) is 5.40. The van der Waals surface area contributed by atoms with Crippen LogP contribution in [-0.2, 0) is 6.54 Å². The van der Waals surface area contributed by atoms with Crippen molar-refractivity contribution in [1.29, 1.82) is 0 Å². The molecule has 2 aromatic rings. The van der Waals surface area contributed by atoms with Crippen molar-refractivity contribution < 1.29 is 14.1 Å². The number of rotatable bonds is 4. The molecule has 2 N–H and O–H groups in total. The maximum Gasteiger partial charge on any atom is 0.305 e. The summed E-state index contributed by atoms with van der Waals surface area (Å²) in [7, 11) is 0. The van der Waals surface area contributed by atoms with Gasteiger partial charge in [-0.1, -0.05) is 6.07 Å². The van der Waals surface area contributed by atoms with E-state index in [1.807, 2.05) is 0 Å². The Morgan fingerprint density at radius 1 is 1.37 bits per heavy atom. The van der Waals surface area contributed by atoms with Crippen molar-refractivity contribution in [2.45, 2.75) is 6.54 Å². The molecule has 7 heteroatoms. The van der Waals surface area contributed by atoms with E-state index in [0.29, 0.717) is 6.54 Å². The van der Waals surface area contributed by atoms with Gasteiger partial charge < -0.3 is 10.5 Å². The Bertz CT molecular complexity index is 602. The molecule has 0 atom stereocenters. The second-order valence-corrected chi connectivity index (χ2v) is 3.68. The third-order valence-corrected chi connectivity index (χ3v) is 2.37. The van der Waals surface area contributed by atoms with Gasteiger partial charge >= 0.3 is 5.69 Å². The number of nitro groups is 1. The summed E-state index contributed by atoms with van der Waals surface area (Å²) in [5.74, 6) is -0.567. The lowest BCUT2D eigenvalue weighted by Crippen LogP contribution is -1.97. The van der Waals surface area contributed by atoms with Crippen LogP contribution in [0.5, 0.6) is 11.6 Å². The largest absolute Gasteiger partial charge is 0.439 e. The number of halogens is 1. The molecule has 19 heavy (non-hydrogen) atoms. The van der Waals surface area contributed by atoms with Crippen LogP contribution in [0, 0.1) is 15.9 Å². The molecule has 1 aromatic carbocycles. The smallest absolute Gasteiger partial charge is 0.305 e. The quantitative estimate of drug-likeness (QED) is 0.675. The zero-order chi connectivity index (χ0) is 13.8. The van der Waals surface area contributed by atoms with Crippen LogP contribution in [0.25, 0.3) is 0 Å². The maximum absolute atomic E-state index is 13.4. The maximum atomic E-state index is 13.4. The van der Waals surface area contributed by atoms with Gasteiger partial charge in [-0.2, -0.15) is 4.39 Å². The third kappa shape index (κ3) is 3.02. The molecule has 0 bridgehead atoms. The molecule has 0 aliphatic carbocycles.